The number of carbonyl (C=O) groups is 1. The minimum Gasteiger partial charge on any atom is -0.346 e. The smallest absolute Gasteiger partial charge is 0.229 e. The standard InChI is InChI=1S/C17H18N4OS/c1-9-3-5-13-15(7-9)23-17(20-13)21-16(22)11-4-6-12-14(8-11)19-10(2)18-12/h3,5,7,11H,4,6,8H2,1-2H3,(H,18,19)(H,20,21,22). The fraction of sp³-hybridized carbons (Fsp3) is 0.353. The number of H-pyrrole nitrogens is 1. The normalized spacial score (nSPS) is 17.2. The second kappa shape index (κ2) is 5.45. The van der Waals surface area contributed by atoms with Crippen LogP contribution in [-0.4, -0.2) is 20.9 Å². The summed E-state index contributed by atoms with van der Waals surface area (Å²) in [5.74, 6) is 0.965. The number of rotatable bonds is 2. The number of amides is 1. The van der Waals surface area contributed by atoms with Crippen LogP contribution in [0.5, 0.6) is 0 Å². The van der Waals surface area contributed by atoms with Gasteiger partial charge in [-0.2, -0.15) is 0 Å². The van der Waals surface area contributed by atoms with Crippen molar-refractivity contribution in [2.75, 3.05) is 5.32 Å². The van der Waals surface area contributed by atoms with E-state index in [1.54, 1.807) is 0 Å². The van der Waals surface area contributed by atoms with E-state index < -0.39 is 0 Å². The molecule has 1 amide bonds. The Morgan fingerprint density at radius 3 is 3.09 bits per heavy atom. The summed E-state index contributed by atoms with van der Waals surface area (Å²) in [4.78, 5) is 24.8. The third-order valence-corrected chi connectivity index (χ3v) is 5.24. The molecule has 1 aromatic carbocycles. The lowest BCUT2D eigenvalue weighted by Crippen LogP contribution is -2.28. The predicted molar refractivity (Wildman–Crippen MR) is 91.8 cm³/mol. The number of aryl methyl sites for hydroxylation is 3. The van der Waals surface area contributed by atoms with Crippen molar-refractivity contribution >= 4 is 32.6 Å². The van der Waals surface area contributed by atoms with Crippen molar-refractivity contribution in [1.82, 2.24) is 15.0 Å². The van der Waals surface area contributed by atoms with Gasteiger partial charge in [0.05, 0.1) is 15.9 Å². The second-order valence-electron chi connectivity index (χ2n) is 6.17. The lowest BCUT2D eigenvalue weighted by Gasteiger charge is -2.19. The van der Waals surface area contributed by atoms with E-state index in [4.69, 9.17) is 0 Å². The van der Waals surface area contributed by atoms with Crippen molar-refractivity contribution in [1.29, 1.82) is 0 Å². The van der Waals surface area contributed by atoms with Crippen molar-refractivity contribution in [3.05, 3.63) is 41.0 Å². The van der Waals surface area contributed by atoms with Crippen LogP contribution in [0.2, 0.25) is 0 Å². The van der Waals surface area contributed by atoms with Gasteiger partial charge in [-0.1, -0.05) is 17.4 Å². The van der Waals surface area contributed by atoms with E-state index in [2.05, 4.69) is 33.3 Å². The lowest BCUT2D eigenvalue weighted by atomic mass is 9.89. The Hall–Kier alpha value is -2.21. The highest BCUT2D eigenvalue weighted by atomic mass is 32.1. The number of carbonyl (C=O) groups excluding carboxylic acids is 1. The molecule has 3 aromatic rings. The molecule has 1 unspecified atom stereocenters. The summed E-state index contributed by atoms with van der Waals surface area (Å²) < 4.78 is 1.11. The zero-order valence-corrected chi connectivity index (χ0v) is 14.0. The second-order valence-corrected chi connectivity index (χ2v) is 7.20. The molecule has 1 aliphatic carbocycles. The van der Waals surface area contributed by atoms with Gasteiger partial charge >= 0.3 is 0 Å². The topological polar surface area (TPSA) is 70.7 Å². The van der Waals surface area contributed by atoms with Crippen molar-refractivity contribution < 1.29 is 4.79 Å². The molecule has 0 saturated heterocycles. The highest BCUT2D eigenvalue weighted by Gasteiger charge is 2.27. The van der Waals surface area contributed by atoms with E-state index in [9.17, 15) is 4.79 Å². The van der Waals surface area contributed by atoms with Crippen LogP contribution in [0.15, 0.2) is 18.2 Å². The molecule has 0 radical (unpaired) electrons. The number of benzene rings is 1. The molecule has 2 N–H and O–H groups in total. The monoisotopic (exact) mass is 326 g/mol. The SMILES string of the molecule is Cc1ccc2nc(NC(=O)C3CCc4nc(C)[nH]c4C3)sc2c1. The highest BCUT2D eigenvalue weighted by Crippen LogP contribution is 2.29. The average molecular weight is 326 g/mol. The first-order valence-corrected chi connectivity index (χ1v) is 8.62. The minimum atomic E-state index is -0.0175. The molecule has 1 aliphatic rings. The molecule has 0 bridgehead atoms. The molecule has 23 heavy (non-hydrogen) atoms. The number of fused-ring (bicyclic) bond motifs is 2. The maximum absolute atomic E-state index is 12.5. The van der Waals surface area contributed by atoms with Gasteiger partial charge in [0, 0.05) is 18.0 Å². The summed E-state index contributed by atoms with van der Waals surface area (Å²) in [6, 6.07) is 6.14. The zero-order valence-electron chi connectivity index (χ0n) is 13.1. The van der Waals surface area contributed by atoms with Crippen molar-refractivity contribution in [3.63, 3.8) is 0 Å². The van der Waals surface area contributed by atoms with E-state index in [-0.39, 0.29) is 11.8 Å². The molecule has 2 aromatic heterocycles. The van der Waals surface area contributed by atoms with Crippen LogP contribution < -0.4 is 5.32 Å². The molecule has 0 aliphatic heterocycles. The molecular weight excluding hydrogens is 308 g/mol. The molecule has 0 saturated carbocycles. The van der Waals surface area contributed by atoms with Crippen LogP contribution in [0.25, 0.3) is 10.2 Å². The van der Waals surface area contributed by atoms with E-state index >= 15 is 0 Å². The van der Waals surface area contributed by atoms with Crippen LogP contribution in [-0.2, 0) is 17.6 Å². The largest absolute Gasteiger partial charge is 0.346 e. The fourth-order valence-corrected chi connectivity index (χ4v) is 4.11. The summed E-state index contributed by atoms with van der Waals surface area (Å²) in [6.45, 7) is 4.01. The molecule has 0 fully saturated rings. The maximum Gasteiger partial charge on any atom is 0.229 e. The Bertz CT molecular complexity index is 895. The van der Waals surface area contributed by atoms with Crippen LogP contribution in [0.1, 0.15) is 29.2 Å². The number of hydrogen-bond donors (Lipinski definition) is 2. The fourth-order valence-electron chi connectivity index (χ4n) is 3.14. The first kappa shape index (κ1) is 14.4. The molecule has 4 rings (SSSR count). The van der Waals surface area contributed by atoms with Crippen LogP contribution in [0, 0.1) is 19.8 Å². The van der Waals surface area contributed by atoms with E-state index in [1.165, 1.54) is 16.9 Å². The van der Waals surface area contributed by atoms with Gasteiger partial charge in [-0.3, -0.25) is 4.79 Å². The molecule has 6 heteroatoms. The molecule has 1 atom stereocenters. The Labute approximate surface area is 138 Å². The average Bonchev–Trinajstić information content (AvgIpc) is 3.07. The summed E-state index contributed by atoms with van der Waals surface area (Å²) in [5, 5.41) is 3.67. The number of nitrogens with one attached hydrogen (secondary N) is 2. The van der Waals surface area contributed by atoms with Gasteiger partial charge in [0.2, 0.25) is 5.91 Å². The first-order chi connectivity index (χ1) is 11.1. The summed E-state index contributed by atoms with van der Waals surface area (Å²) in [7, 11) is 0. The summed E-state index contributed by atoms with van der Waals surface area (Å²) in [5.41, 5.74) is 4.36. The van der Waals surface area contributed by atoms with E-state index in [0.29, 0.717) is 5.13 Å². The van der Waals surface area contributed by atoms with Crippen LogP contribution in [0.3, 0.4) is 0 Å². The number of aromatic amines is 1. The van der Waals surface area contributed by atoms with Crippen molar-refractivity contribution in [2.45, 2.75) is 33.1 Å². The number of aromatic nitrogens is 3. The van der Waals surface area contributed by atoms with Gasteiger partial charge in [0.1, 0.15) is 5.82 Å². The van der Waals surface area contributed by atoms with Gasteiger partial charge in [0.15, 0.2) is 5.13 Å². The maximum atomic E-state index is 12.5. The Morgan fingerprint density at radius 2 is 2.22 bits per heavy atom. The molecule has 0 spiro atoms. The van der Waals surface area contributed by atoms with Gasteiger partial charge in [-0.05, 0) is 44.4 Å². The number of nitrogens with zero attached hydrogens (tertiary/aromatic N) is 2. The number of hydrogen-bond acceptors (Lipinski definition) is 4. The number of thiazole rings is 1. The molecule has 5 nitrogen and oxygen atoms in total. The van der Waals surface area contributed by atoms with Gasteiger partial charge < -0.3 is 10.3 Å². The Kier molecular flexibility index (Phi) is 3.41. The Morgan fingerprint density at radius 1 is 1.35 bits per heavy atom. The van der Waals surface area contributed by atoms with Crippen molar-refractivity contribution in [3.8, 4) is 0 Å². The van der Waals surface area contributed by atoms with E-state index in [1.807, 2.05) is 19.1 Å². The highest BCUT2D eigenvalue weighted by molar-refractivity contribution is 7.22. The molecule has 2 heterocycles. The van der Waals surface area contributed by atoms with Crippen molar-refractivity contribution in [2.24, 2.45) is 5.92 Å². The molecular formula is C17H18N4OS. The van der Waals surface area contributed by atoms with Crippen LogP contribution in [0.4, 0.5) is 5.13 Å². The van der Waals surface area contributed by atoms with Gasteiger partial charge in [-0.15, -0.1) is 0 Å². The summed E-state index contributed by atoms with van der Waals surface area (Å²) >= 11 is 1.53. The van der Waals surface area contributed by atoms with Gasteiger partial charge in [0.25, 0.3) is 0 Å². The summed E-state index contributed by atoms with van der Waals surface area (Å²) in [6.07, 6.45) is 2.43. The Balaban J connectivity index is 1.51. The number of anilines is 1. The third kappa shape index (κ3) is 2.74. The third-order valence-electron chi connectivity index (χ3n) is 4.31. The van der Waals surface area contributed by atoms with Crippen LogP contribution >= 0.6 is 11.3 Å². The first-order valence-electron chi connectivity index (χ1n) is 7.81. The quantitative estimate of drug-likeness (QED) is 0.758. The van der Waals surface area contributed by atoms with Gasteiger partial charge in [-0.25, -0.2) is 9.97 Å². The minimum absolute atomic E-state index is 0.0175. The van der Waals surface area contributed by atoms with E-state index in [0.717, 1.165) is 46.7 Å². The predicted octanol–water partition coefficient (Wildman–Crippen LogP) is 3.38. The molecule has 118 valence electrons. The zero-order chi connectivity index (χ0) is 16.0. The number of imidazole rings is 1. The lowest BCUT2D eigenvalue weighted by molar-refractivity contribution is -0.120.